The Bertz CT molecular complexity index is 429. The Morgan fingerprint density at radius 1 is 1.44 bits per heavy atom. The number of rotatable bonds is 4. The van der Waals surface area contributed by atoms with Gasteiger partial charge in [0.2, 0.25) is 5.91 Å². The van der Waals surface area contributed by atoms with Gasteiger partial charge >= 0.3 is 0 Å². The molecule has 0 aliphatic carbocycles. The Hall–Kier alpha value is -0.550. The number of hydrogen-bond acceptors (Lipinski definition) is 2. The molecule has 0 bridgehead atoms. The maximum absolute atomic E-state index is 13.3. The van der Waals surface area contributed by atoms with Crippen LogP contribution in [0.3, 0.4) is 0 Å². The molecule has 0 aliphatic heterocycles. The summed E-state index contributed by atoms with van der Waals surface area (Å²) in [5.74, 6) is -0.767. The average Bonchev–Trinajstić information content (AvgIpc) is 2.24. The highest BCUT2D eigenvalue weighted by molar-refractivity contribution is 6.36. The van der Waals surface area contributed by atoms with Crippen LogP contribution in [0.2, 0.25) is 10.0 Å². The highest BCUT2D eigenvalue weighted by atomic mass is 35.5. The molecule has 3 nitrogen and oxygen atoms in total. The lowest BCUT2D eigenvalue weighted by molar-refractivity contribution is -0.120. The van der Waals surface area contributed by atoms with E-state index in [1.54, 1.807) is 14.0 Å². The summed E-state index contributed by atoms with van der Waals surface area (Å²) in [6.45, 7) is 1.87. The number of benzene rings is 1. The second kappa shape index (κ2) is 7.79. The van der Waals surface area contributed by atoms with E-state index >= 15 is 0 Å². The molecule has 18 heavy (non-hydrogen) atoms. The van der Waals surface area contributed by atoms with Gasteiger partial charge in [0, 0.05) is 10.6 Å². The molecule has 1 amide bonds. The van der Waals surface area contributed by atoms with Crippen molar-refractivity contribution < 1.29 is 9.18 Å². The van der Waals surface area contributed by atoms with Crippen molar-refractivity contribution >= 4 is 41.5 Å². The molecular formula is C11H14Cl3FN2O. The molecule has 0 spiro atoms. The first-order chi connectivity index (χ1) is 7.97. The molecule has 1 rings (SSSR count). The average molecular weight is 316 g/mol. The SMILES string of the molecule is CNCC(=O)NC(C)c1c(Cl)ccc(F)c1Cl.Cl. The number of halogens is 4. The summed E-state index contributed by atoms with van der Waals surface area (Å²) in [7, 11) is 1.66. The molecule has 0 radical (unpaired) electrons. The molecular weight excluding hydrogens is 301 g/mol. The quantitative estimate of drug-likeness (QED) is 0.839. The minimum atomic E-state index is -0.555. The summed E-state index contributed by atoms with van der Waals surface area (Å²) >= 11 is 11.8. The third kappa shape index (κ3) is 4.28. The lowest BCUT2D eigenvalue weighted by atomic mass is 10.1. The molecule has 0 saturated heterocycles. The van der Waals surface area contributed by atoms with Gasteiger partial charge in [0.25, 0.3) is 0 Å². The van der Waals surface area contributed by atoms with E-state index in [1.807, 2.05) is 0 Å². The van der Waals surface area contributed by atoms with E-state index in [0.717, 1.165) is 0 Å². The van der Waals surface area contributed by atoms with E-state index in [1.165, 1.54) is 12.1 Å². The fraction of sp³-hybridized carbons (Fsp3) is 0.364. The lowest BCUT2D eigenvalue weighted by Gasteiger charge is -2.17. The minimum absolute atomic E-state index is 0. The van der Waals surface area contributed by atoms with Gasteiger partial charge in [0.1, 0.15) is 5.82 Å². The van der Waals surface area contributed by atoms with Crippen LogP contribution < -0.4 is 10.6 Å². The summed E-state index contributed by atoms with van der Waals surface area (Å²) in [4.78, 5) is 11.4. The predicted octanol–water partition coefficient (Wildman–Crippen LogP) is 2.95. The molecule has 0 fully saturated rings. The van der Waals surface area contributed by atoms with E-state index in [2.05, 4.69) is 10.6 Å². The van der Waals surface area contributed by atoms with Crippen LogP contribution in [0.4, 0.5) is 4.39 Å². The number of amides is 1. The molecule has 1 atom stereocenters. The fourth-order valence-corrected chi connectivity index (χ4v) is 2.16. The maximum Gasteiger partial charge on any atom is 0.234 e. The van der Waals surface area contributed by atoms with Crippen molar-refractivity contribution in [1.82, 2.24) is 10.6 Å². The van der Waals surface area contributed by atoms with Crippen molar-refractivity contribution in [3.8, 4) is 0 Å². The fourth-order valence-electron chi connectivity index (χ4n) is 1.46. The van der Waals surface area contributed by atoms with Crippen molar-refractivity contribution in [3.63, 3.8) is 0 Å². The van der Waals surface area contributed by atoms with Gasteiger partial charge in [-0.2, -0.15) is 0 Å². The first-order valence-corrected chi connectivity index (χ1v) is 5.80. The van der Waals surface area contributed by atoms with Crippen LogP contribution in [0, 0.1) is 5.82 Å². The van der Waals surface area contributed by atoms with Crippen LogP contribution in [0.25, 0.3) is 0 Å². The van der Waals surface area contributed by atoms with E-state index in [9.17, 15) is 9.18 Å². The molecule has 0 saturated carbocycles. The summed E-state index contributed by atoms with van der Waals surface area (Å²) in [5, 5.41) is 5.65. The van der Waals surface area contributed by atoms with Gasteiger partial charge < -0.3 is 10.6 Å². The van der Waals surface area contributed by atoms with Crippen molar-refractivity contribution in [2.75, 3.05) is 13.6 Å². The maximum atomic E-state index is 13.3. The molecule has 7 heteroatoms. The standard InChI is InChI=1S/C11H13Cl2FN2O.ClH/c1-6(16-9(17)5-15-2)10-7(12)3-4-8(14)11(10)13;/h3-4,6,15H,5H2,1-2H3,(H,16,17);1H. The first-order valence-electron chi connectivity index (χ1n) is 5.04. The van der Waals surface area contributed by atoms with Crippen molar-refractivity contribution in [2.24, 2.45) is 0 Å². The Morgan fingerprint density at radius 2 is 2.06 bits per heavy atom. The Kier molecular flexibility index (Phi) is 7.55. The normalized spacial score (nSPS) is 11.6. The van der Waals surface area contributed by atoms with Crippen LogP contribution in [-0.2, 0) is 4.79 Å². The van der Waals surface area contributed by atoms with E-state index < -0.39 is 11.9 Å². The molecule has 0 aromatic heterocycles. The van der Waals surface area contributed by atoms with Crippen LogP contribution >= 0.6 is 35.6 Å². The molecule has 2 N–H and O–H groups in total. The lowest BCUT2D eigenvalue weighted by Crippen LogP contribution is -2.34. The summed E-state index contributed by atoms with van der Waals surface area (Å²) < 4.78 is 13.3. The molecule has 0 aliphatic rings. The zero-order chi connectivity index (χ0) is 13.0. The second-order valence-corrected chi connectivity index (χ2v) is 4.36. The van der Waals surface area contributed by atoms with Gasteiger partial charge in [0.05, 0.1) is 17.6 Å². The minimum Gasteiger partial charge on any atom is -0.348 e. The predicted molar refractivity (Wildman–Crippen MR) is 74.2 cm³/mol. The smallest absolute Gasteiger partial charge is 0.234 e. The highest BCUT2D eigenvalue weighted by Gasteiger charge is 2.18. The van der Waals surface area contributed by atoms with E-state index in [-0.39, 0.29) is 29.9 Å². The van der Waals surface area contributed by atoms with Crippen LogP contribution in [0.1, 0.15) is 18.5 Å². The topological polar surface area (TPSA) is 41.1 Å². The highest BCUT2D eigenvalue weighted by Crippen LogP contribution is 2.32. The van der Waals surface area contributed by atoms with Gasteiger partial charge in [-0.3, -0.25) is 4.79 Å². The van der Waals surface area contributed by atoms with Gasteiger partial charge in [-0.25, -0.2) is 4.39 Å². The molecule has 102 valence electrons. The van der Waals surface area contributed by atoms with Crippen LogP contribution in [-0.4, -0.2) is 19.5 Å². The van der Waals surface area contributed by atoms with Gasteiger partial charge in [-0.15, -0.1) is 12.4 Å². The van der Waals surface area contributed by atoms with Crippen LogP contribution in [0.5, 0.6) is 0 Å². The second-order valence-electron chi connectivity index (χ2n) is 3.58. The van der Waals surface area contributed by atoms with E-state index in [4.69, 9.17) is 23.2 Å². The zero-order valence-corrected chi connectivity index (χ0v) is 12.2. The van der Waals surface area contributed by atoms with Crippen molar-refractivity contribution in [2.45, 2.75) is 13.0 Å². The Morgan fingerprint density at radius 3 is 2.61 bits per heavy atom. The Labute approximate surface area is 121 Å². The molecule has 1 aromatic carbocycles. The number of hydrogen-bond donors (Lipinski definition) is 2. The third-order valence-corrected chi connectivity index (χ3v) is 2.94. The number of carbonyl (C=O) groups is 1. The largest absolute Gasteiger partial charge is 0.348 e. The first kappa shape index (κ1) is 17.4. The third-order valence-electron chi connectivity index (χ3n) is 2.23. The number of nitrogens with one attached hydrogen (secondary N) is 2. The van der Waals surface area contributed by atoms with E-state index in [0.29, 0.717) is 10.6 Å². The Balaban J connectivity index is 0.00000289. The summed E-state index contributed by atoms with van der Waals surface area (Å²) in [6.07, 6.45) is 0. The number of carbonyl (C=O) groups excluding carboxylic acids is 1. The van der Waals surface area contributed by atoms with Crippen molar-refractivity contribution in [3.05, 3.63) is 33.6 Å². The van der Waals surface area contributed by atoms with Gasteiger partial charge in [-0.1, -0.05) is 23.2 Å². The summed E-state index contributed by atoms with van der Waals surface area (Å²) in [5.41, 5.74) is 0.387. The van der Waals surface area contributed by atoms with Gasteiger partial charge in [-0.05, 0) is 26.1 Å². The van der Waals surface area contributed by atoms with Gasteiger partial charge in [0.15, 0.2) is 0 Å². The zero-order valence-electron chi connectivity index (χ0n) is 9.89. The number of likely N-dealkylation sites (N-methyl/N-ethyl adjacent to an activating group) is 1. The molecule has 0 heterocycles. The summed E-state index contributed by atoms with van der Waals surface area (Å²) in [6, 6.07) is 2.15. The van der Waals surface area contributed by atoms with Crippen LogP contribution in [0.15, 0.2) is 12.1 Å². The molecule has 1 unspecified atom stereocenters. The monoisotopic (exact) mass is 314 g/mol. The van der Waals surface area contributed by atoms with Crippen molar-refractivity contribution in [1.29, 1.82) is 0 Å². The molecule has 1 aromatic rings.